The Morgan fingerprint density at radius 2 is 1.56 bits per heavy atom. The summed E-state index contributed by atoms with van der Waals surface area (Å²) in [5, 5.41) is 13.4. The van der Waals surface area contributed by atoms with E-state index in [-0.39, 0.29) is 33.9 Å². The maximum absolute atomic E-state index is 13.4. The smallest absolute Gasteiger partial charge is 0.267 e. The molecule has 3 aromatic carbocycles. The number of carbonyl (C=O) groups excluding carboxylic acids is 3. The first-order valence-electron chi connectivity index (χ1n) is 9.26. The van der Waals surface area contributed by atoms with Gasteiger partial charge in [0.15, 0.2) is 0 Å². The van der Waals surface area contributed by atoms with Crippen molar-refractivity contribution >= 4 is 46.6 Å². The highest BCUT2D eigenvalue weighted by Gasteiger charge is 2.41. The maximum atomic E-state index is 13.4. The van der Waals surface area contributed by atoms with Crippen LogP contribution < -0.4 is 0 Å². The lowest BCUT2D eigenvalue weighted by molar-refractivity contribution is -0.384. The summed E-state index contributed by atoms with van der Waals surface area (Å²) in [4.78, 5) is 50.0. The number of amides is 3. The summed E-state index contributed by atoms with van der Waals surface area (Å²) >= 11 is 12.0. The van der Waals surface area contributed by atoms with E-state index in [0.29, 0.717) is 10.6 Å². The number of nitro benzene ring substituents is 1. The van der Waals surface area contributed by atoms with Crippen LogP contribution in [0.3, 0.4) is 0 Å². The number of hydrogen-bond acceptors (Lipinski definition) is 5. The van der Waals surface area contributed by atoms with Crippen LogP contribution in [-0.4, -0.2) is 32.7 Å². The van der Waals surface area contributed by atoms with Gasteiger partial charge in [0, 0.05) is 17.7 Å². The van der Waals surface area contributed by atoms with Gasteiger partial charge in [0.05, 0.1) is 32.6 Å². The Morgan fingerprint density at radius 3 is 2.16 bits per heavy atom. The number of benzene rings is 3. The van der Waals surface area contributed by atoms with E-state index in [0.717, 1.165) is 16.1 Å². The first-order chi connectivity index (χ1) is 15.3. The molecule has 1 heterocycles. The minimum atomic E-state index is -0.769. The molecule has 0 spiro atoms. The Hall–Kier alpha value is -3.75. The minimum Gasteiger partial charge on any atom is -0.267 e. The number of nitro groups is 1. The minimum absolute atomic E-state index is 0.0594. The van der Waals surface area contributed by atoms with Crippen LogP contribution in [-0.2, 0) is 6.54 Å². The number of hydrazine groups is 1. The summed E-state index contributed by atoms with van der Waals surface area (Å²) in [5.41, 5.74) is 0.449. The third-order valence-corrected chi connectivity index (χ3v) is 5.61. The summed E-state index contributed by atoms with van der Waals surface area (Å²) in [5.74, 6) is -2.12. The molecule has 8 nitrogen and oxygen atoms in total. The third kappa shape index (κ3) is 3.81. The summed E-state index contributed by atoms with van der Waals surface area (Å²) in [6.07, 6.45) is 0. The molecule has 3 aromatic rings. The van der Waals surface area contributed by atoms with Crippen molar-refractivity contribution in [2.45, 2.75) is 6.54 Å². The number of hydrogen-bond donors (Lipinski definition) is 0. The molecule has 0 fully saturated rings. The largest absolute Gasteiger partial charge is 0.280 e. The second-order valence-corrected chi connectivity index (χ2v) is 7.70. The van der Waals surface area contributed by atoms with Crippen LogP contribution in [0.5, 0.6) is 0 Å². The fourth-order valence-corrected chi connectivity index (χ4v) is 3.66. The Morgan fingerprint density at radius 1 is 0.906 bits per heavy atom. The molecule has 160 valence electrons. The fourth-order valence-electron chi connectivity index (χ4n) is 3.34. The lowest BCUT2D eigenvalue weighted by Crippen LogP contribution is -2.49. The fraction of sp³-hybridized carbons (Fsp3) is 0.0455. The number of fused-ring (bicyclic) bond motifs is 1. The molecule has 1 aliphatic heterocycles. The highest BCUT2D eigenvalue weighted by molar-refractivity contribution is 6.42. The van der Waals surface area contributed by atoms with Crippen molar-refractivity contribution in [1.29, 1.82) is 0 Å². The Labute approximate surface area is 191 Å². The van der Waals surface area contributed by atoms with E-state index in [9.17, 15) is 24.5 Å². The van der Waals surface area contributed by atoms with Crippen molar-refractivity contribution in [2.24, 2.45) is 0 Å². The predicted molar refractivity (Wildman–Crippen MR) is 116 cm³/mol. The van der Waals surface area contributed by atoms with Crippen LogP contribution in [0.1, 0.15) is 36.6 Å². The summed E-state index contributed by atoms with van der Waals surface area (Å²) in [6, 6.07) is 15.9. The van der Waals surface area contributed by atoms with Crippen LogP contribution in [0.4, 0.5) is 5.69 Å². The van der Waals surface area contributed by atoms with E-state index in [1.165, 1.54) is 42.5 Å². The number of non-ortho nitro benzene ring substituents is 1. The Balaban J connectivity index is 1.78. The van der Waals surface area contributed by atoms with Crippen molar-refractivity contribution in [3.8, 4) is 0 Å². The van der Waals surface area contributed by atoms with Crippen molar-refractivity contribution in [2.75, 3.05) is 0 Å². The zero-order valence-electron chi connectivity index (χ0n) is 16.2. The van der Waals surface area contributed by atoms with Gasteiger partial charge in [0.1, 0.15) is 0 Å². The maximum Gasteiger partial charge on any atom is 0.280 e. The van der Waals surface area contributed by atoms with Crippen molar-refractivity contribution in [1.82, 2.24) is 10.0 Å². The van der Waals surface area contributed by atoms with Gasteiger partial charge in [0.2, 0.25) is 0 Å². The standard InChI is InChI=1S/C22H13Cl2N3O5/c23-18-9-8-13(10-19(18)24)12-25(20(28)14-4-3-5-15(11-14)27(31)32)26-21(29)16-6-1-2-7-17(16)22(26)30/h1-11H,12H2. The molecule has 0 bridgehead atoms. The highest BCUT2D eigenvalue weighted by Crippen LogP contribution is 2.29. The molecule has 32 heavy (non-hydrogen) atoms. The number of halogens is 2. The zero-order valence-corrected chi connectivity index (χ0v) is 17.7. The second kappa shape index (κ2) is 8.41. The quantitative estimate of drug-likeness (QED) is 0.304. The molecule has 0 aliphatic carbocycles. The van der Waals surface area contributed by atoms with Gasteiger partial charge in [-0.1, -0.05) is 47.5 Å². The average Bonchev–Trinajstić information content (AvgIpc) is 3.04. The number of carbonyl (C=O) groups is 3. The normalized spacial score (nSPS) is 12.6. The van der Waals surface area contributed by atoms with Gasteiger partial charge in [-0.3, -0.25) is 24.5 Å². The Bertz CT molecular complexity index is 1260. The van der Waals surface area contributed by atoms with Gasteiger partial charge >= 0.3 is 0 Å². The van der Waals surface area contributed by atoms with Gasteiger partial charge in [-0.2, -0.15) is 5.01 Å². The average molecular weight is 470 g/mol. The van der Waals surface area contributed by atoms with Gasteiger partial charge in [0.25, 0.3) is 23.4 Å². The van der Waals surface area contributed by atoms with Gasteiger partial charge < -0.3 is 0 Å². The molecule has 4 rings (SSSR count). The van der Waals surface area contributed by atoms with Crippen LogP contribution >= 0.6 is 23.2 Å². The van der Waals surface area contributed by atoms with Crippen LogP contribution in [0.15, 0.2) is 66.7 Å². The van der Waals surface area contributed by atoms with Gasteiger partial charge in [-0.05, 0) is 35.9 Å². The molecular weight excluding hydrogens is 457 g/mol. The monoisotopic (exact) mass is 469 g/mol. The number of imide groups is 1. The lowest BCUT2D eigenvalue weighted by atomic mass is 10.1. The van der Waals surface area contributed by atoms with Gasteiger partial charge in [-0.15, -0.1) is 0 Å². The van der Waals surface area contributed by atoms with Crippen molar-refractivity contribution < 1.29 is 19.3 Å². The molecular formula is C22H13Cl2N3O5. The SMILES string of the molecule is O=C(c1cccc([N+](=O)[O-])c1)N(Cc1ccc(Cl)c(Cl)c1)N1C(=O)c2ccccc2C1=O. The van der Waals surface area contributed by atoms with Crippen molar-refractivity contribution in [3.63, 3.8) is 0 Å². The molecule has 0 saturated carbocycles. The highest BCUT2D eigenvalue weighted by atomic mass is 35.5. The molecule has 0 radical (unpaired) electrons. The molecule has 0 unspecified atom stereocenters. The molecule has 0 saturated heterocycles. The zero-order chi connectivity index (χ0) is 23.0. The molecule has 0 atom stereocenters. The van der Waals surface area contributed by atoms with E-state index in [1.54, 1.807) is 18.2 Å². The topological polar surface area (TPSA) is 101 Å². The molecule has 0 N–H and O–H groups in total. The van der Waals surface area contributed by atoms with Crippen LogP contribution in [0, 0.1) is 10.1 Å². The molecule has 10 heteroatoms. The number of rotatable bonds is 5. The van der Waals surface area contributed by atoms with E-state index >= 15 is 0 Å². The van der Waals surface area contributed by atoms with Crippen LogP contribution in [0.25, 0.3) is 0 Å². The summed E-state index contributed by atoms with van der Waals surface area (Å²) < 4.78 is 0. The first kappa shape index (κ1) is 21.5. The van der Waals surface area contributed by atoms with E-state index in [4.69, 9.17) is 23.2 Å². The second-order valence-electron chi connectivity index (χ2n) is 6.89. The Kier molecular flexibility index (Phi) is 5.65. The van der Waals surface area contributed by atoms with Gasteiger partial charge in [-0.25, -0.2) is 5.01 Å². The molecule has 0 aromatic heterocycles. The van der Waals surface area contributed by atoms with Crippen LogP contribution in [0.2, 0.25) is 10.0 Å². The molecule has 3 amide bonds. The van der Waals surface area contributed by atoms with Crippen molar-refractivity contribution in [3.05, 3.63) is 109 Å². The first-order valence-corrected chi connectivity index (χ1v) is 10.0. The molecule has 1 aliphatic rings. The predicted octanol–water partition coefficient (Wildman–Crippen LogP) is 4.76. The van der Waals surface area contributed by atoms with E-state index in [2.05, 4.69) is 0 Å². The summed E-state index contributed by atoms with van der Waals surface area (Å²) in [6.45, 7) is -0.204. The lowest BCUT2D eigenvalue weighted by Gasteiger charge is -2.30. The number of nitrogens with zero attached hydrogens (tertiary/aromatic N) is 3. The summed E-state index contributed by atoms with van der Waals surface area (Å²) in [7, 11) is 0. The van der Waals surface area contributed by atoms with E-state index < -0.39 is 22.6 Å². The third-order valence-electron chi connectivity index (χ3n) is 4.87. The van der Waals surface area contributed by atoms with E-state index in [1.807, 2.05) is 0 Å².